The first-order chi connectivity index (χ1) is 11.4. The molecule has 2 N–H and O–H groups in total. The highest BCUT2D eigenvalue weighted by molar-refractivity contribution is 9.10. The lowest BCUT2D eigenvalue weighted by molar-refractivity contribution is 0.246. The topological polar surface area (TPSA) is 41.1 Å². The molecule has 2 aromatic carbocycles. The number of nitrogens with one attached hydrogen (secondary N) is 2. The Labute approximate surface area is 159 Å². The van der Waals surface area contributed by atoms with E-state index in [1.54, 1.807) is 18.2 Å². The lowest BCUT2D eigenvalue weighted by atomic mass is 9.89. The number of hydrogen-bond donors (Lipinski definition) is 2. The molecule has 2 aromatic rings. The fourth-order valence-corrected chi connectivity index (χ4v) is 3.53. The van der Waals surface area contributed by atoms with Gasteiger partial charge in [-0.3, -0.25) is 0 Å². The Bertz CT molecular complexity index is 760. The van der Waals surface area contributed by atoms with Gasteiger partial charge in [0.25, 0.3) is 0 Å². The molecule has 0 bridgehead atoms. The summed E-state index contributed by atoms with van der Waals surface area (Å²) in [6.45, 7) is 2.05. The molecule has 0 spiro atoms. The number of amides is 2. The molecule has 0 aliphatic heterocycles. The third-order valence-corrected chi connectivity index (χ3v) is 5.83. The normalized spacial score (nSPS) is 16.3. The third kappa shape index (κ3) is 3.71. The summed E-state index contributed by atoms with van der Waals surface area (Å²) < 4.78 is 1.06. The van der Waals surface area contributed by atoms with Crippen molar-refractivity contribution in [1.29, 1.82) is 0 Å². The minimum atomic E-state index is -0.246. The monoisotopic (exact) mass is 426 g/mol. The van der Waals surface area contributed by atoms with Crippen LogP contribution in [0.15, 0.2) is 46.9 Å². The van der Waals surface area contributed by atoms with E-state index in [4.69, 9.17) is 23.2 Å². The molecule has 1 atom stereocenters. The molecular weight excluding hydrogens is 411 g/mol. The van der Waals surface area contributed by atoms with Crippen LogP contribution in [0.3, 0.4) is 0 Å². The molecule has 6 heteroatoms. The van der Waals surface area contributed by atoms with Crippen LogP contribution < -0.4 is 10.6 Å². The minimum absolute atomic E-state index is 0.0235. The van der Waals surface area contributed by atoms with Crippen LogP contribution in [0.2, 0.25) is 10.0 Å². The van der Waals surface area contributed by atoms with E-state index < -0.39 is 0 Å². The Morgan fingerprint density at radius 3 is 2.38 bits per heavy atom. The predicted octanol–water partition coefficient (Wildman–Crippen LogP) is 6.00. The first-order valence-corrected chi connectivity index (χ1v) is 9.24. The van der Waals surface area contributed by atoms with Gasteiger partial charge in [0.1, 0.15) is 0 Å². The Balaban J connectivity index is 1.65. The smallest absolute Gasteiger partial charge is 0.319 e. The second-order valence-electron chi connectivity index (χ2n) is 6.11. The fourth-order valence-electron chi connectivity index (χ4n) is 2.96. The summed E-state index contributed by atoms with van der Waals surface area (Å²) in [5, 5.41) is 6.72. The molecule has 1 saturated carbocycles. The summed E-state index contributed by atoms with van der Waals surface area (Å²) in [4.78, 5) is 12.3. The number of anilines is 1. The van der Waals surface area contributed by atoms with Gasteiger partial charge in [-0.15, -0.1) is 0 Å². The summed E-state index contributed by atoms with van der Waals surface area (Å²) in [6, 6.07) is 13.1. The highest BCUT2D eigenvalue weighted by atomic mass is 79.9. The SMILES string of the molecule is CC(NC(=O)Nc1ccc(Cl)c(Cl)c1)C1(c2ccc(Br)cc2)CC1. The molecule has 1 unspecified atom stereocenters. The van der Waals surface area contributed by atoms with Crippen molar-refractivity contribution in [3.05, 3.63) is 62.5 Å². The lowest BCUT2D eigenvalue weighted by Crippen LogP contribution is -2.43. The Kier molecular flexibility index (Phi) is 5.09. The van der Waals surface area contributed by atoms with Crippen molar-refractivity contribution < 1.29 is 4.79 Å². The number of urea groups is 1. The summed E-state index contributed by atoms with van der Waals surface area (Å²) >= 11 is 15.3. The maximum absolute atomic E-state index is 12.3. The summed E-state index contributed by atoms with van der Waals surface area (Å²) in [5.74, 6) is 0. The quantitative estimate of drug-likeness (QED) is 0.617. The Hall–Kier alpha value is -1.23. The standard InChI is InChI=1S/C18H17BrCl2N2O/c1-11(18(8-9-18)12-2-4-13(19)5-3-12)22-17(24)23-14-6-7-15(20)16(21)10-14/h2-7,10-11H,8-9H2,1H3,(H2,22,23,24). The van der Waals surface area contributed by atoms with Gasteiger partial charge >= 0.3 is 6.03 Å². The van der Waals surface area contributed by atoms with Gasteiger partial charge in [0, 0.05) is 21.6 Å². The van der Waals surface area contributed by atoms with E-state index in [1.165, 1.54) is 5.56 Å². The molecule has 3 rings (SSSR count). The highest BCUT2D eigenvalue weighted by Gasteiger charge is 2.49. The summed E-state index contributed by atoms with van der Waals surface area (Å²) in [6.07, 6.45) is 2.14. The first-order valence-electron chi connectivity index (χ1n) is 7.69. The van der Waals surface area contributed by atoms with Gasteiger partial charge in [-0.2, -0.15) is 0 Å². The molecule has 126 valence electrons. The van der Waals surface area contributed by atoms with Crippen molar-refractivity contribution in [2.45, 2.75) is 31.2 Å². The molecular formula is C18H17BrCl2N2O. The van der Waals surface area contributed by atoms with Crippen molar-refractivity contribution in [2.75, 3.05) is 5.32 Å². The molecule has 0 saturated heterocycles. The predicted molar refractivity (Wildman–Crippen MR) is 103 cm³/mol. The molecule has 0 radical (unpaired) electrons. The van der Waals surface area contributed by atoms with Crippen molar-refractivity contribution in [3.63, 3.8) is 0 Å². The van der Waals surface area contributed by atoms with Gasteiger partial charge < -0.3 is 10.6 Å². The number of carbonyl (C=O) groups is 1. The average Bonchev–Trinajstić information content (AvgIpc) is 3.33. The number of halogens is 3. The van der Waals surface area contributed by atoms with Crippen LogP contribution in [0.5, 0.6) is 0 Å². The molecule has 1 aliphatic rings. The zero-order valence-corrected chi connectivity index (χ0v) is 16.2. The van der Waals surface area contributed by atoms with E-state index in [0.717, 1.165) is 17.3 Å². The van der Waals surface area contributed by atoms with Gasteiger partial charge in [0.15, 0.2) is 0 Å². The number of benzene rings is 2. The average molecular weight is 428 g/mol. The largest absolute Gasteiger partial charge is 0.335 e. The summed E-state index contributed by atoms with van der Waals surface area (Å²) in [5.41, 5.74) is 1.89. The van der Waals surface area contributed by atoms with E-state index in [9.17, 15) is 4.79 Å². The Morgan fingerprint density at radius 2 is 1.79 bits per heavy atom. The second-order valence-corrected chi connectivity index (χ2v) is 7.84. The lowest BCUT2D eigenvalue weighted by Gasteiger charge is -2.25. The van der Waals surface area contributed by atoms with E-state index in [1.807, 2.05) is 19.1 Å². The van der Waals surface area contributed by atoms with Gasteiger partial charge in [-0.1, -0.05) is 51.3 Å². The first kappa shape index (κ1) is 17.6. The van der Waals surface area contributed by atoms with Crippen LogP contribution in [0.25, 0.3) is 0 Å². The van der Waals surface area contributed by atoms with E-state index in [-0.39, 0.29) is 17.5 Å². The third-order valence-electron chi connectivity index (χ3n) is 4.56. The molecule has 1 fully saturated rings. The van der Waals surface area contributed by atoms with Crippen molar-refractivity contribution in [2.24, 2.45) is 0 Å². The maximum atomic E-state index is 12.3. The van der Waals surface area contributed by atoms with Crippen LogP contribution in [0.1, 0.15) is 25.3 Å². The van der Waals surface area contributed by atoms with E-state index >= 15 is 0 Å². The number of carbonyl (C=O) groups excluding carboxylic acids is 1. The van der Waals surface area contributed by atoms with Crippen LogP contribution >= 0.6 is 39.1 Å². The molecule has 24 heavy (non-hydrogen) atoms. The van der Waals surface area contributed by atoms with Crippen LogP contribution in [-0.4, -0.2) is 12.1 Å². The molecule has 2 amide bonds. The second kappa shape index (κ2) is 6.95. The van der Waals surface area contributed by atoms with Crippen molar-refractivity contribution >= 4 is 50.9 Å². The van der Waals surface area contributed by atoms with Gasteiger partial charge in [0.05, 0.1) is 10.0 Å². The molecule has 0 aromatic heterocycles. The number of hydrogen-bond acceptors (Lipinski definition) is 1. The maximum Gasteiger partial charge on any atom is 0.319 e. The minimum Gasteiger partial charge on any atom is -0.335 e. The van der Waals surface area contributed by atoms with Crippen molar-refractivity contribution in [3.8, 4) is 0 Å². The molecule has 1 aliphatic carbocycles. The van der Waals surface area contributed by atoms with Crippen LogP contribution in [-0.2, 0) is 5.41 Å². The summed E-state index contributed by atoms with van der Waals surface area (Å²) in [7, 11) is 0. The van der Waals surface area contributed by atoms with Gasteiger partial charge in [-0.05, 0) is 55.7 Å². The fraction of sp³-hybridized carbons (Fsp3) is 0.278. The number of rotatable bonds is 4. The van der Waals surface area contributed by atoms with Gasteiger partial charge in [0.2, 0.25) is 0 Å². The highest BCUT2D eigenvalue weighted by Crippen LogP contribution is 2.51. The van der Waals surface area contributed by atoms with Crippen LogP contribution in [0, 0.1) is 0 Å². The molecule has 3 nitrogen and oxygen atoms in total. The zero-order valence-electron chi connectivity index (χ0n) is 13.1. The molecule has 0 heterocycles. The zero-order chi connectivity index (χ0) is 17.3. The Morgan fingerprint density at radius 1 is 1.12 bits per heavy atom. The van der Waals surface area contributed by atoms with E-state index in [0.29, 0.717) is 15.7 Å². The van der Waals surface area contributed by atoms with Crippen LogP contribution in [0.4, 0.5) is 10.5 Å². The van der Waals surface area contributed by atoms with E-state index in [2.05, 4.69) is 38.7 Å². The van der Waals surface area contributed by atoms with Crippen molar-refractivity contribution in [1.82, 2.24) is 5.32 Å². The van der Waals surface area contributed by atoms with Gasteiger partial charge in [-0.25, -0.2) is 4.79 Å².